The van der Waals surface area contributed by atoms with Gasteiger partial charge in [0.25, 0.3) is 0 Å². The molecule has 0 radical (unpaired) electrons. The van der Waals surface area contributed by atoms with Crippen molar-refractivity contribution in [1.82, 2.24) is 14.8 Å². The van der Waals surface area contributed by atoms with Gasteiger partial charge in [0, 0.05) is 17.8 Å². The summed E-state index contributed by atoms with van der Waals surface area (Å²) in [5.41, 5.74) is 1.95. The molecule has 162 valence electrons. The highest BCUT2D eigenvalue weighted by Gasteiger charge is 2.26. The fraction of sp³-hybridized carbons (Fsp3) is 0.167. The highest BCUT2D eigenvalue weighted by molar-refractivity contribution is 8.00. The fourth-order valence-corrected chi connectivity index (χ4v) is 4.38. The molecule has 0 bridgehead atoms. The number of benzene rings is 2. The predicted octanol–water partition coefficient (Wildman–Crippen LogP) is 5.23. The van der Waals surface area contributed by atoms with E-state index in [1.807, 2.05) is 47.9 Å². The Hall–Kier alpha value is -3.65. The van der Waals surface area contributed by atoms with Crippen molar-refractivity contribution >= 4 is 29.1 Å². The molecule has 4 rings (SSSR count). The molecule has 0 saturated carbocycles. The first-order valence-electron chi connectivity index (χ1n) is 10.2. The molecule has 0 aliphatic carbocycles. The summed E-state index contributed by atoms with van der Waals surface area (Å²) < 4.78 is 7.40. The summed E-state index contributed by atoms with van der Waals surface area (Å²) in [6.07, 6.45) is 1.59. The highest BCUT2D eigenvalue weighted by Crippen LogP contribution is 2.37. The molecular weight excluding hydrogens is 424 g/mol. The molecule has 0 aliphatic rings. The third-order valence-electron chi connectivity index (χ3n) is 4.87. The Balaban J connectivity index is 1.65. The maximum absolute atomic E-state index is 13.3. The second-order valence-corrected chi connectivity index (χ2v) is 8.13. The van der Waals surface area contributed by atoms with Crippen LogP contribution in [0.4, 0.5) is 5.69 Å². The normalized spacial score (nSPS) is 11.8. The van der Waals surface area contributed by atoms with Gasteiger partial charge in [0.15, 0.2) is 22.5 Å². The van der Waals surface area contributed by atoms with Gasteiger partial charge < -0.3 is 9.73 Å². The number of carbonyl (C=O) groups is 2. The van der Waals surface area contributed by atoms with Crippen LogP contribution in [0.15, 0.2) is 82.6 Å². The summed E-state index contributed by atoms with van der Waals surface area (Å²) in [4.78, 5) is 25.0. The van der Waals surface area contributed by atoms with Crippen LogP contribution in [-0.2, 0) is 11.3 Å². The summed E-state index contributed by atoms with van der Waals surface area (Å²) >= 11 is 1.32. The highest BCUT2D eigenvalue weighted by atomic mass is 32.2. The molecule has 1 amide bonds. The molecule has 2 aromatic heterocycles. The van der Waals surface area contributed by atoms with Crippen molar-refractivity contribution in [2.75, 3.05) is 5.32 Å². The number of hydrogen-bond donors (Lipinski definition) is 1. The number of nitrogens with zero attached hydrogens (tertiary/aromatic N) is 3. The third kappa shape index (κ3) is 4.65. The van der Waals surface area contributed by atoms with E-state index in [9.17, 15) is 9.59 Å². The van der Waals surface area contributed by atoms with Gasteiger partial charge in [-0.2, -0.15) is 0 Å². The van der Waals surface area contributed by atoms with Crippen LogP contribution in [0.2, 0.25) is 0 Å². The molecule has 0 saturated heterocycles. The van der Waals surface area contributed by atoms with E-state index in [0.29, 0.717) is 34.5 Å². The number of ketones is 1. The lowest BCUT2D eigenvalue weighted by atomic mass is 10.1. The average Bonchev–Trinajstić information content (AvgIpc) is 3.47. The zero-order valence-corrected chi connectivity index (χ0v) is 18.5. The summed E-state index contributed by atoms with van der Waals surface area (Å²) in [5, 5.41) is 11.6. The average molecular weight is 447 g/mol. The van der Waals surface area contributed by atoms with Gasteiger partial charge in [-0.15, -0.1) is 10.2 Å². The molecule has 0 spiro atoms. The van der Waals surface area contributed by atoms with E-state index in [1.54, 1.807) is 36.6 Å². The Kier molecular flexibility index (Phi) is 6.51. The lowest BCUT2D eigenvalue weighted by Crippen LogP contribution is -2.19. The first-order valence-corrected chi connectivity index (χ1v) is 11.1. The van der Waals surface area contributed by atoms with Gasteiger partial charge in [-0.05, 0) is 43.7 Å². The number of aromatic nitrogens is 3. The lowest BCUT2D eigenvalue weighted by molar-refractivity contribution is -0.115. The number of anilines is 1. The number of Topliss-reactive ketones (excluding diaryl/α,β-unsaturated/α-hetero) is 1. The van der Waals surface area contributed by atoms with Crippen LogP contribution >= 0.6 is 11.8 Å². The van der Waals surface area contributed by atoms with Gasteiger partial charge in [-0.3, -0.25) is 14.2 Å². The van der Waals surface area contributed by atoms with Gasteiger partial charge in [-0.25, -0.2) is 0 Å². The van der Waals surface area contributed by atoms with Crippen LogP contribution in [0.25, 0.3) is 11.6 Å². The van der Waals surface area contributed by atoms with Gasteiger partial charge in [0.05, 0.1) is 6.26 Å². The predicted molar refractivity (Wildman–Crippen MR) is 124 cm³/mol. The molecule has 8 heteroatoms. The molecule has 2 aromatic carbocycles. The van der Waals surface area contributed by atoms with Crippen molar-refractivity contribution < 1.29 is 14.0 Å². The fourth-order valence-electron chi connectivity index (χ4n) is 3.28. The molecular formula is C24H22N4O3S. The standard InChI is InChI=1S/C24H22N4O3S/c1-3-28-22(20-13-8-14-31-20)26-27-24(28)32-21(17-9-5-4-6-10-17)23(30)25-19-12-7-11-18(15-19)16(2)29/h4-15,21H,3H2,1-2H3,(H,25,30)/t21-/m0/s1. The Bertz CT molecular complexity index is 1220. The van der Waals surface area contributed by atoms with Gasteiger partial charge >= 0.3 is 0 Å². The molecule has 0 aliphatic heterocycles. The number of hydrogen-bond acceptors (Lipinski definition) is 6. The Morgan fingerprint density at radius 2 is 1.88 bits per heavy atom. The van der Waals surface area contributed by atoms with E-state index >= 15 is 0 Å². The van der Waals surface area contributed by atoms with E-state index in [2.05, 4.69) is 15.5 Å². The van der Waals surface area contributed by atoms with Crippen LogP contribution in [-0.4, -0.2) is 26.5 Å². The maximum Gasteiger partial charge on any atom is 0.242 e. The first kappa shape index (κ1) is 21.6. The van der Waals surface area contributed by atoms with E-state index in [1.165, 1.54) is 18.7 Å². The quantitative estimate of drug-likeness (QED) is 0.294. The molecule has 32 heavy (non-hydrogen) atoms. The van der Waals surface area contributed by atoms with Gasteiger partial charge in [0.1, 0.15) is 5.25 Å². The largest absolute Gasteiger partial charge is 0.461 e. The SMILES string of the molecule is CCn1c(S[C@H](C(=O)Nc2cccc(C(C)=O)c2)c2ccccc2)nnc1-c1ccco1. The minimum atomic E-state index is -0.573. The van der Waals surface area contributed by atoms with Crippen molar-refractivity contribution in [3.05, 3.63) is 84.1 Å². The molecule has 4 aromatic rings. The molecule has 1 N–H and O–H groups in total. The number of furan rings is 1. The van der Waals surface area contributed by atoms with Crippen LogP contribution < -0.4 is 5.32 Å². The van der Waals surface area contributed by atoms with E-state index < -0.39 is 5.25 Å². The number of rotatable bonds is 8. The lowest BCUT2D eigenvalue weighted by Gasteiger charge is -2.17. The number of nitrogens with one attached hydrogen (secondary N) is 1. The van der Waals surface area contributed by atoms with Crippen molar-refractivity contribution in [3.8, 4) is 11.6 Å². The van der Waals surface area contributed by atoms with Crippen LogP contribution in [0.1, 0.15) is 35.0 Å². The van der Waals surface area contributed by atoms with E-state index in [0.717, 1.165) is 5.56 Å². The number of carbonyl (C=O) groups excluding carboxylic acids is 2. The van der Waals surface area contributed by atoms with Crippen molar-refractivity contribution in [1.29, 1.82) is 0 Å². The summed E-state index contributed by atoms with van der Waals surface area (Å²) in [6, 6.07) is 20.0. The van der Waals surface area contributed by atoms with Gasteiger partial charge in [-0.1, -0.05) is 54.2 Å². The van der Waals surface area contributed by atoms with E-state index in [4.69, 9.17) is 4.42 Å². The van der Waals surface area contributed by atoms with Crippen molar-refractivity contribution in [2.24, 2.45) is 0 Å². The number of thioether (sulfide) groups is 1. The zero-order valence-electron chi connectivity index (χ0n) is 17.7. The van der Waals surface area contributed by atoms with Crippen molar-refractivity contribution in [2.45, 2.75) is 30.8 Å². The molecule has 2 heterocycles. The summed E-state index contributed by atoms with van der Waals surface area (Å²) in [7, 11) is 0. The Labute approximate surface area is 189 Å². The minimum absolute atomic E-state index is 0.0587. The molecule has 0 fully saturated rings. The Morgan fingerprint density at radius 1 is 1.06 bits per heavy atom. The van der Waals surface area contributed by atoms with Crippen LogP contribution in [0.5, 0.6) is 0 Å². The van der Waals surface area contributed by atoms with Crippen LogP contribution in [0, 0.1) is 0 Å². The molecule has 0 unspecified atom stereocenters. The topological polar surface area (TPSA) is 90.0 Å². The smallest absolute Gasteiger partial charge is 0.242 e. The summed E-state index contributed by atoms with van der Waals surface area (Å²) in [5.74, 6) is 0.957. The van der Waals surface area contributed by atoms with E-state index in [-0.39, 0.29) is 11.7 Å². The molecule has 7 nitrogen and oxygen atoms in total. The number of amides is 1. The second-order valence-electron chi connectivity index (χ2n) is 7.06. The van der Waals surface area contributed by atoms with Crippen molar-refractivity contribution in [3.63, 3.8) is 0 Å². The van der Waals surface area contributed by atoms with Gasteiger partial charge in [0.2, 0.25) is 5.91 Å². The second kappa shape index (κ2) is 9.65. The van der Waals surface area contributed by atoms with Crippen LogP contribution in [0.3, 0.4) is 0 Å². The minimum Gasteiger partial charge on any atom is -0.461 e. The summed E-state index contributed by atoms with van der Waals surface area (Å²) in [6.45, 7) is 4.11. The first-order chi connectivity index (χ1) is 15.6. The zero-order chi connectivity index (χ0) is 22.5. The monoisotopic (exact) mass is 446 g/mol. The maximum atomic E-state index is 13.3. The third-order valence-corrected chi connectivity index (χ3v) is 6.11. The Morgan fingerprint density at radius 3 is 2.56 bits per heavy atom. The molecule has 1 atom stereocenters.